The number of nitrogens with one attached hydrogen (secondary N) is 1. The molecule has 2 amide bonds. The summed E-state index contributed by atoms with van der Waals surface area (Å²) in [6.45, 7) is 4.52. The molecule has 0 saturated heterocycles. The summed E-state index contributed by atoms with van der Waals surface area (Å²) < 4.78 is 15.0. The van der Waals surface area contributed by atoms with E-state index in [1.54, 1.807) is 25.1 Å². The Morgan fingerprint density at radius 2 is 2.04 bits per heavy atom. The van der Waals surface area contributed by atoms with E-state index < -0.39 is 5.82 Å². The molecule has 140 valence electrons. The van der Waals surface area contributed by atoms with Crippen LogP contribution < -0.4 is 11.2 Å². The van der Waals surface area contributed by atoms with Crippen molar-refractivity contribution >= 4 is 23.6 Å². The molecule has 0 aliphatic rings. The van der Waals surface area contributed by atoms with Crippen molar-refractivity contribution in [1.82, 2.24) is 25.1 Å². The molecule has 0 unspecified atom stereocenters. The number of likely N-dealkylation sites (N-methyl/N-ethyl adjacent to an activating group) is 2. The molecule has 26 heavy (non-hydrogen) atoms. The molecule has 0 aliphatic carbocycles. The van der Waals surface area contributed by atoms with Gasteiger partial charge in [-0.2, -0.15) is 0 Å². The molecule has 1 aromatic heterocycles. The number of carbonyl (C=O) groups excluding carboxylic acids is 2. The van der Waals surface area contributed by atoms with Gasteiger partial charge in [0.25, 0.3) is 0 Å². The predicted molar refractivity (Wildman–Crippen MR) is 97.2 cm³/mol. The largest absolute Gasteiger partial charge is 0.355 e. The summed E-state index contributed by atoms with van der Waals surface area (Å²) in [4.78, 5) is 25.4. The van der Waals surface area contributed by atoms with E-state index in [4.69, 9.17) is 5.84 Å². The van der Waals surface area contributed by atoms with Crippen molar-refractivity contribution in [2.24, 2.45) is 0 Å². The number of rotatable bonds is 8. The second-order valence-corrected chi connectivity index (χ2v) is 6.25. The smallest absolute Gasteiger partial charge is 0.239 e. The average molecular weight is 380 g/mol. The molecule has 0 spiro atoms. The molecule has 0 radical (unpaired) electrons. The molecule has 8 nitrogen and oxygen atoms in total. The summed E-state index contributed by atoms with van der Waals surface area (Å²) in [5.74, 6) is 5.26. The maximum atomic E-state index is 13.9. The number of nitrogens with two attached hydrogens (primary N) is 1. The number of nitrogen functional groups attached to an aromatic ring is 1. The first-order valence-corrected chi connectivity index (χ1v) is 9.09. The van der Waals surface area contributed by atoms with Crippen molar-refractivity contribution in [1.29, 1.82) is 0 Å². The quantitative estimate of drug-likeness (QED) is 0.520. The van der Waals surface area contributed by atoms with Crippen molar-refractivity contribution in [2.75, 3.05) is 31.2 Å². The van der Waals surface area contributed by atoms with E-state index in [9.17, 15) is 14.0 Å². The van der Waals surface area contributed by atoms with Crippen LogP contribution in [0.2, 0.25) is 0 Å². The second-order valence-electron chi connectivity index (χ2n) is 5.31. The number of halogens is 1. The minimum atomic E-state index is -0.460. The Morgan fingerprint density at radius 1 is 1.31 bits per heavy atom. The van der Waals surface area contributed by atoms with E-state index in [1.165, 1.54) is 11.0 Å². The van der Waals surface area contributed by atoms with Gasteiger partial charge in [0.15, 0.2) is 5.82 Å². The molecule has 0 bridgehead atoms. The maximum Gasteiger partial charge on any atom is 0.239 e. The normalized spacial score (nSPS) is 10.6. The van der Waals surface area contributed by atoms with E-state index in [0.29, 0.717) is 13.1 Å². The van der Waals surface area contributed by atoms with Crippen LogP contribution in [-0.4, -0.2) is 57.0 Å². The highest BCUT2D eigenvalue weighted by molar-refractivity contribution is 7.99. The number of hydrogen-bond acceptors (Lipinski definition) is 6. The van der Waals surface area contributed by atoms with Crippen molar-refractivity contribution in [3.63, 3.8) is 0 Å². The fraction of sp³-hybridized carbons (Fsp3) is 0.375. The fourth-order valence-corrected chi connectivity index (χ4v) is 2.98. The number of nitrogens with zero attached hydrogens (tertiary/aromatic N) is 4. The molecule has 0 aliphatic heterocycles. The molecule has 0 atom stereocenters. The lowest BCUT2D eigenvalue weighted by molar-refractivity contribution is -0.133. The van der Waals surface area contributed by atoms with Crippen molar-refractivity contribution < 1.29 is 14.0 Å². The third-order valence-corrected chi connectivity index (χ3v) is 4.47. The standard InChI is InChI=1S/C16H21FN6O2S/c1-3-19-13(24)9-22(4-2)14(25)10-26-16-21-20-15(23(16)18)11-7-5-6-8-12(11)17/h5-8H,3-4,9-10,18H2,1-2H3,(H,19,24). The van der Waals surface area contributed by atoms with Crippen LogP contribution in [0.15, 0.2) is 29.4 Å². The molecular weight excluding hydrogens is 359 g/mol. The highest BCUT2D eigenvalue weighted by Crippen LogP contribution is 2.23. The molecule has 0 fully saturated rings. The lowest BCUT2D eigenvalue weighted by Crippen LogP contribution is -2.41. The van der Waals surface area contributed by atoms with Gasteiger partial charge in [-0.1, -0.05) is 23.9 Å². The SMILES string of the molecule is CCNC(=O)CN(CC)C(=O)CSc1nnc(-c2ccccc2F)n1N. The highest BCUT2D eigenvalue weighted by atomic mass is 32.2. The van der Waals surface area contributed by atoms with Crippen LogP contribution in [0, 0.1) is 5.82 Å². The van der Waals surface area contributed by atoms with Gasteiger partial charge in [0.05, 0.1) is 17.9 Å². The minimum Gasteiger partial charge on any atom is -0.355 e. The van der Waals surface area contributed by atoms with E-state index in [-0.39, 0.29) is 40.7 Å². The first-order valence-electron chi connectivity index (χ1n) is 8.10. The lowest BCUT2D eigenvalue weighted by Gasteiger charge is -2.19. The van der Waals surface area contributed by atoms with Crippen LogP contribution in [0.1, 0.15) is 13.8 Å². The average Bonchev–Trinajstić information content (AvgIpc) is 2.98. The number of hydrogen-bond donors (Lipinski definition) is 2. The first kappa shape index (κ1) is 19.7. The summed E-state index contributed by atoms with van der Waals surface area (Å²) in [7, 11) is 0. The fourth-order valence-electron chi connectivity index (χ4n) is 2.22. The van der Waals surface area contributed by atoms with Crippen molar-refractivity contribution in [3.8, 4) is 11.4 Å². The van der Waals surface area contributed by atoms with E-state index in [2.05, 4.69) is 15.5 Å². The van der Waals surface area contributed by atoms with Gasteiger partial charge in [-0.3, -0.25) is 9.59 Å². The third kappa shape index (κ3) is 4.72. The van der Waals surface area contributed by atoms with Crippen LogP contribution in [0.25, 0.3) is 11.4 Å². The molecule has 1 heterocycles. The highest BCUT2D eigenvalue weighted by Gasteiger charge is 2.19. The van der Waals surface area contributed by atoms with Gasteiger partial charge in [0, 0.05) is 13.1 Å². The van der Waals surface area contributed by atoms with Gasteiger partial charge in [0.2, 0.25) is 17.0 Å². The zero-order valence-electron chi connectivity index (χ0n) is 14.6. The van der Waals surface area contributed by atoms with Gasteiger partial charge in [0.1, 0.15) is 5.82 Å². The number of carbonyl (C=O) groups is 2. The van der Waals surface area contributed by atoms with Gasteiger partial charge in [-0.15, -0.1) is 10.2 Å². The molecule has 10 heteroatoms. The Labute approximate surface area is 154 Å². The Morgan fingerprint density at radius 3 is 2.69 bits per heavy atom. The zero-order valence-corrected chi connectivity index (χ0v) is 15.4. The van der Waals surface area contributed by atoms with E-state index in [0.717, 1.165) is 16.4 Å². The van der Waals surface area contributed by atoms with Crippen LogP contribution >= 0.6 is 11.8 Å². The Bertz CT molecular complexity index is 782. The minimum absolute atomic E-state index is 0.000471. The van der Waals surface area contributed by atoms with Gasteiger partial charge < -0.3 is 16.1 Å². The van der Waals surface area contributed by atoms with Crippen LogP contribution in [0.4, 0.5) is 4.39 Å². The van der Waals surface area contributed by atoms with Gasteiger partial charge in [-0.05, 0) is 26.0 Å². The van der Waals surface area contributed by atoms with Crippen LogP contribution in [-0.2, 0) is 9.59 Å². The van der Waals surface area contributed by atoms with Crippen LogP contribution in [0.3, 0.4) is 0 Å². The predicted octanol–water partition coefficient (Wildman–Crippen LogP) is 0.875. The third-order valence-electron chi connectivity index (χ3n) is 3.55. The summed E-state index contributed by atoms with van der Waals surface area (Å²) in [6, 6.07) is 6.09. The maximum absolute atomic E-state index is 13.9. The summed E-state index contributed by atoms with van der Waals surface area (Å²) >= 11 is 1.08. The Kier molecular flexibility index (Phi) is 6.96. The monoisotopic (exact) mass is 380 g/mol. The van der Waals surface area contributed by atoms with Crippen LogP contribution in [0.5, 0.6) is 0 Å². The number of amides is 2. The zero-order chi connectivity index (χ0) is 19.1. The molecular formula is C16H21FN6O2S. The van der Waals surface area contributed by atoms with Gasteiger partial charge in [-0.25, -0.2) is 9.07 Å². The molecule has 2 aromatic rings. The number of benzene rings is 1. The summed E-state index contributed by atoms with van der Waals surface area (Å²) in [5.41, 5.74) is 0.229. The molecule has 2 rings (SSSR count). The number of thioether (sulfide) groups is 1. The second kappa shape index (κ2) is 9.18. The Balaban J connectivity index is 2.02. The van der Waals surface area contributed by atoms with Gasteiger partial charge >= 0.3 is 0 Å². The molecule has 3 N–H and O–H groups in total. The Hall–Kier alpha value is -2.62. The first-order chi connectivity index (χ1) is 12.5. The van der Waals surface area contributed by atoms with Crippen molar-refractivity contribution in [2.45, 2.75) is 19.0 Å². The molecule has 1 aromatic carbocycles. The van der Waals surface area contributed by atoms with E-state index >= 15 is 0 Å². The van der Waals surface area contributed by atoms with E-state index in [1.807, 2.05) is 6.92 Å². The van der Waals surface area contributed by atoms with Crippen molar-refractivity contribution in [3.05, 3.63) is 30.1 Å². The number of aromatic nitrogens is 3. The molecule has 0 saturated carbocycles. The summed E-state index contributed by atoms with van der Waals surface area (Å²) in [6.07, 6.45) is 0. The topological polar surface area (TPSA) is 106 Å². The lowest BCUT2D eigenvalue weighted by atomic mass is 10.2. The summed E-state index contributed by atoms with van der Waals surface area (Å²) in [5, 5.41) is 10.8.